The Bertz CT molecular complexity index is 709. The number of guanidine groups is 1. The number of aliphatic imine (C=N–C) groups is 1. The molecule has 0 saturated heterocycles. The summed E-state index contributed by atoms with van der Waals surface area (Å²) in [6.45, 7) is 0.748. The van der Waals surface area contributed by atoms with Crippen LogP contribution in [0, 0.1) is 0 Å². The van der Waals surface area contributed by atoms with Crippen molar-refractivity contribution in [1.29, 1.82) is 0 Å². The molecule has 0 aromatic carbocycles. The summed E-state index contributed by atoms with van der Waals surface area (Å²) in [6, 6.07) is -3.82. The van der Waals surface area contributed by atoms with Crippen LogP contribution >= 0.6 is 0 Å². The summed E-state index contributed by atoms with van der Waals surface area (Å²) in [4.78, 5) is 62.8. The van der Waals surface area contributed by atoms with Crippen molar-refractivity contribution in [2.75, 3.05) is 13.1 Å². The molecule has 0 aliphatic carbocycles. The minimum atomic E-state index is -1.34. The quantitative estimate of drug-likeness (QED) is 0.0638. The van der Waals surface area contributed by atoms with Gasteiger partial charge < -0.3 is 49.1 Å². The van der Waals surface area contributed by atoms with E-state index in [0.29, 0.717) is 0 Å². The van der Waals surface area contributed by atoms with E-state index in [1.54, 1.807) is 0 Å². The third-order valence-electron chi connectivity index (χ3n) is 4.13. The van der Waals surface area contributed by atoms with Gasteiger partial charge in [-0.05, 0) is 26.2 Å². The number of carbonyl (C=O) groups excluding carboxylic acids is 4. The number of rotatable bonds is 15. The van der Waals surface area contributed by atoms with Crippen LogP contribution in [-0.2, 0) is 24.0 Å². The summed E-state index contributed by atoms with van der Waals surface area (Å²) in [6.07, 6.45) is -1.37. The van der Waals surface area contributed by atoms with Gasteiger partial charge in [-0.15, -0.1) is 0 Å². The summed E-state index contributed by atoms with van der Waals surface area (Å²) in [5.74, 6) is -4.66. The van der Waals surface area contributed by atoms with Crippen LogP contribution in [0.4, 0.5) is 0 Å². The van der Waals surface area contributed by atoms with Crippen LogP contribution < -0.4 is 38.9 Å². The predicted octanol–water partition coefficient (Wildman–Crippen LogP) is -4.82. The molecule has 0 aromatic heterocycles. The molecule has 0 aromatic rings. The van der Waals surface area contributed by atoms with Crippen LogP contribution in [0.2, 0.25) is 0 Å². The number of nitrogens with one attached hydrogen (secondary N) is 3. The van der Waals surface area contributed by atoms with Gasteiger partial charge in [-0.1, -0.05) is 0 Å². The van der Waals surface area contributed by atoms with E-state index in [1.165, 1.54) is 6.92 Å². The van der Waals surface area contributed by atoms with Gasteiger partial charge in [-0.2, -0.15) is 0 Å². The number of carboxylic acids is 1. The molecule has 0 aliphatic heterocycles. The van der Waals surface area contributed by atoms with E-state index in [2.05, 4.69) is 20.9 Å². The molecule has 4 amide bonds. The lowest BCUT2D eigenvalue weighted by Gasteiger charge is -2.24. The Balaban J connectivity index is 5.38. The SMILES string of the molecule is CC(O)C(N)C(=O)NC(CCC(N)=O)C(=O)NC(CCCN=C(N)N)C(=O)NCC(=O)O. The molecule has 0 bridgehead atoms. The second kappa shape index (κ2) is 14.5. The maximum atomic E-state index is 12.7. The van der Waals surface area contributed by atoms with Gasteiger partial charge in [0.05, 0.1) is 6.10 Å². The minimum Gasteiger partial charge on any atom is -0.480 e. The molecule has 0 fully saturated rings. The van der Waals surface area contributed by atoms with Crippen LogP contribution in [0.1, 0.15) is 32.6 Å². The first kappa shape index (κ1) is 28.5. The summed E-state index contributed by atoms with van der Waals surface area (Å²) in [7, 11) is 0. The Hall–Kier alpha value is -3.46. The highest BCUT2D eigenvalue weighted by Gasteiger charge is 2.29. The fraction of sp³-hybridized carbons (Fsp3) is 0.647. The third-order valence-corrected chi connectivity index (χ3v) is 4.13. The Kier molecular flexibility index (Phi) is 13.0. The Labute approximate surface area is 184 Å². The highest BCUT2D eigenvalue weighted by molar-refractivity contribution is 5.94. The first-order valence-electron chi connectivity index (χ1n) is 9.72. The average molecular weight is 460 g/mol. The largest absolute Gasteiger partial charge is 0.480 e. The molecule has 0 rings (SSSR count). The zero-order valence-corrected chi connectivity index (χ0v) is 17.7. The molecule has 32 heavy (non-hydrogen) atoms. The summed E-state index contributed by atoms with van der Waals surface area (Å²) in [5.41, 5.74) is 21.1. The maximum absolute atomic E-state index is 12.7. The van der Waals surface area contributed by atoms with Crippen LogP contribution in [0.15, 0.2) is 4.99 Å². The van der Waals surface area contributed by atoms with Crippen molar-refractivity contribution in [3.8, 4) is 0 Å². The summed E-state index contributed by atoms with van der Waals surface area (Å²) >= 11 is 0. The molecule has 15 nitrogen and oxygen atoms in total. The smallest absolute Gasteiger partial charge is 0.322 e. The summed E-state index contributed by atoms with van der Waals surface area (Å²) < 4.78 is 0. The van der Waals surface area contributed by atoms with Crippen molar-refractivity contribution in [1.82, 2.24) is 16.0 Å². The van der Waals surface area contributed by atoms with Gasteiger partial charge in [-0.25, -0.2) is 0 Å². The maximum Gasteiger partial charge on any atom is 0.322 e. The minimum absolute atomic E-state index is 0.0393. The fourth-order valence-corrected chi connectivity index (χ4v) is 2.37. The van der Waals surface area contributed by atoms with Gasteiger partial charge in [0.15, 0.2) is 5.96 Å². The van der Waals surface area contributed by atoms with Crippen LogP contribution in [0.3, 0.4) is 0 Å². The molecule has 15 heteroatoms. The number of primary amides is 1. The van der Waals surface area contributed by atoms with E-state index < -0.39 is 60.4 Å². The molecule has 4 atom stereocenters. The van der Waals surface area contributed by atoms with Crippen molar-refractivity contribution >= 4 is 35.6 Å². The van der Waals surface area contributed by atoms with Gasteiger partial charge in [0.25, 0.3) is 0 Å². The number of hydrogen-bond donors (Lipinski definition) is 9. The number of hydrogen-bond acceptors (Lipinski definition) is 8. The van der Waals surface area contributed by atoms with Crippen LogP contribution in [-0.4, -0.2) is 83.1 Å². The van der Waals surface area contributed by atoms with Gasteiger partial charge in [0.2, 0.25) is 23.6 Å². The first-order chi connectivity index (χ1) is 14.8. The molecular formula is C17H32N8O7. The number of nitrogens with two attached hydrogens (primary N) is 4. The molecule has 0 heterocycles. The van der Waals surface area contributed by atoms with Crippen molar-refractivity contribution in [3.05, 3.63) is 0 Å². The van der Waals surface area contributed by atoms with E-state index in [1.807, 2.05) is 0 Å². The lowest BCUT2D eigenvalue weighted by atomic mass is 10.1. The monoisotopic (exact) mass is 460 g/mol. The van der Waals surface area contributed by atoms with Crippen LogP contribution in [0.5, 0.6) is 0 Å². The van der Waals surface area contributed by atoms with Crippen molar-refractivity contribution < 1.29 is 34.2 Å². The number of carbonyl (C=O) groups is 5. The number of aliphatic carboxylic acids is 1. The van der Waals surface area contributed by atoms with Gasteiger partial charge in [-0.3, -0.25) is 29.0 Å². The van der Waals surface area contributed by atoms with E-state index in [-0.39, 0.29) is 38.2 Å². The zero-order valence-electron chi connectivity index (χ0n) is 17.7. The normalized spacial score (nSPS) is 14.2. The Morgan fingerprint density at radius 2 is 1.50 bits per heavy atom. The Morgan fingerprint density at radius 3 is 2.00 bits per heavy atom. The van der Waals surface area contributed by atoms with Gasteiger partial charge in [0.1, 0.15) is 24.7 Å². The van der Waals surface area contributed by atoms with Crippen LogP contribution in [0.25, 0.3) is 0 Å². The molecule has 0 aliphatic rings. The molecule has 0 radical (unpaired) electrons. The number of aliphatic hydroxyl groups excluding tert-OH is 1. The van der Waals surface area contributed by atoms with Gasteiger partial charge >= 0.3 is 5.97 Å². The van der Waals surface area contributed by atoms with Crippen molar-refractivity contribution in [2.45, 2.75) is 56.8 Å². The molecule has 0 spiro atoms. The second-order valence-electron chi connectivity index (χ2n) is 6.95. The fourth-order valence-electron chi connectivity index (χ4n) is 2.37. The molecular weight excluding hydrogens is 428 g/mol. The standard InChI is InChI=1S/C17H32N8O7/c1-8(26)13(19)16(32)25-10(4-5-11(18)27)15(31)24-9(3-2-6-22-17(20)21)14(30)23-7-12(28)29/h8-10,13,26H,2-7,19H2,1H3,(H2,18,27)(H,23,30)(H,24,31)(H,25,32)(H,28,29)(H4,20,21,22). The highest BCUT2D eigenvalue weighted by Crippen LogP contribution is 2.04. The third kappa shape index (κ3) is 12.3. The number of nitrogens with zero attached hydrogens (tertiary/aromatic N) is 1. The average Bonchev–Trinajstić information content (AvgIpc) is 2.69. The summed E-state index contributed by atoms with van der Waals surface area (Å²) in [5, 5.41) is 25.0. The lowest BCUT2D eigenvalue weighted by Crippen LogP contribution is -2.57. The highest BCUT2D eigenvalue weighted by atomic mass is 16.4. The number of carboxylic acid groups (broad SMARTS) is 1. The Morgan fingerprint density at radius 1 is 0.938 bits per heavy atom. The second-order valence-corrected chi connectivity index (χ2v) is 6.95. The molecule has 13 N–H and O–H groups in total. The van der Waals surface area contributed by atoms with Crippen molar-refractivity contribution in [2.24, 2.45) is 27.9 Å². The number of aliphatic hydroxyl groups is 1. The van der Waals surface area contributed by atoms with E-state index >= 15 is 0 Å². The molecule has 4 unspecified atom stereocenters. The lowest BCUT2D eigenvalue weighted by molar-refractivity contribution is -0.138. The van der Waals surface area contributed by atoms with Gasteiger partial charge in [0, 0.05) is 13.0 Å². The van der Waals surface area contributed by atoms with E-state index in [4.69, 9.17) is 28.0 Å². The topological polar surface area (TPSA) is 278 Å². The molecule has 0 saturated carbocycles. The van der Waals surface area contributed by atoms with E-state index in [9.17, 15) is 29.1 Å². The number of amides is 4. The predicted molar refractivity (Wildman–Crippen MR) is 113 cm³/mol. The first-order valence-corrected chi connectivity index (χ1v) is 9.72. The zero-order chi connectivity index (χ0) is 24.8. The van der Waals surface area contributed by atoms with Crippen molar-refractivity contribution in [3.63, 3.8) is 0 Å². The molecule has 182 valence electrons. The van der Waals surface area contributed by atoms with E-state index in [0.717, 1.165) is 0 Å².